The van der Waals surface area contributed by atoms with Crippen molar-refractivity contribution in [3.05, 3.63) is 90.5 Å². The predicted octanol–water partition coefficient (Wildman–Crippen LogP) is 5.29. The van der Waals surface area contributed by atoms with Gasteiger partial charge in [-0.25, -0.2) is 0 Å². The lowest BCUT2D eigenvalue weighted by atomic mass is 10.2. The third-order valence-corrected chi connectivity index (χ3v) is 5.91. The lowest BCUT2D eigenvalue weighted by molar-refractivity contribution is -0.127. The van der Waals surface area contributed by atoms with Crippen LogP contribution in [0.2, 0.25) is 0 Å². The average Bonchev–Trinajstić information content (AvgIpc) is 3.28. The molecule has 34 heavy (non-hydrogen) atoms. The van der Waals surface area contributed by atoms with Crippen LogP contribution in [0.4, 0.5) is 8.78 Å². The molecule has 0 aliphatic heterocycles. The second-order valence-corrected chi connectivity index (χ2v) is 8.35. The second kappa shape index (κ2) is 10.9. The van der Waals surface area contributed by atoms with Gasteiger partial charge in [0.05, 0.1) is 5.75 Å². The van der Waals surface area contributed by atoms with Crippen LogP contribution in [0.1, 0.15) is 5.56 Å². The number of thioether (sulfide) groups is 1. The number of carbonyl (C=O) groups excluding carboxylic acids is 1. The van der Waals surface area contributed by atoms with E-state index in [0.29, 0.717) is 17.5 Å². The number of carbonyl (C=O) groups is 1. The van der Waals surface area contributed by atoms with E-state index in [0.717, 1.165) is 16.8 Å². The first-order chi connectivity index (χ1) is 16.5. The Labute approximate surface area is 200 Å². The van der Waals surface area contributed by atoms with Crippen LogP contribution in [-0.4, -0.2) is 45.0 Å². The fourth-order valence-electron chi connectivity index (χ4n) is 3.32. The van der Waals surface area contributed by atoms with Crippen LogP contribution in [0, 0.1) is 0 Å². The van der Waals surface area contributed by atoms with Crippen LogP contribution in [0.25, 0.3) is 17.1 Å². The minimum absolute atomic E-state index is 0.0813. The Balaban J connectivity index is 1.46. The smallest absolute Gasteiger partial charge is 0.387 e. The van der Waals surface area contributed by atoms with Crippen LogP contribution in [0.3, 0.4) is 0 Å². The highest BCUT2D eigenvalue weighted by atomic mass is 32.2. The maximum atomic E-state index is 12.8. The van der Waals surface area contributed by atoms with E-state index in [9.17, 15) is 13.6 Å². The summed E-state index contributed by atoms with van der Waals surface area (Å²) in [5, 5.41) is 9.34. The summed E-state index contributed by atoms with van der Waals surface area (Å²) in [5.41, 5.74) is 2.63. The van der Waals surface area contributed by atoms with Crippen molar-refractivity contribution in [3.63, 3.8) is 0 Å². The van der Waals surface area contributed by atoms with E-state index in [4.69, 9.17) is 0 Å². The normalized spacial score (nSPS) is 10.9. The molecule has 0 unspecified atom stereocenters. The molecule has 1 amide bonds. The summed E-state index contributed by atoms with van der Waals surface area (Å²) in [6.07, 6.45) is 0. The second-order valence-electron chi connectivity index (χ2n) is 7.40. The first-order valence-electron chi connectivity index (χ1n) is 10.5. The van der Waals surface area contributed by atoms with Gasteiger partial charge in [-0.2, -0.15) is 8.78 Å². The summed E-state index contributed by atoms with van der Waals surface area (Å²) < 4.78 is 30.9. The van der Waals surface area contributed by atoms with Gasteiger partial charge in [0.15, 0.2) is 11.0 Å². The van der Waals surface area contributed by atoms with Crippen molar-refractivity contribution in [2.45, 2.75) is 18.3 Å². The highest BCUT2D eigenvalue weighted by molar-refractivity contribution is 7.99. The number of rotatable bonds is 9. The summed E-state index contributed by atoms with van der Waals surface area (Å²) in [7, 11) is 1.70. The molecule has 1 heterocycles. The molecular weight excluding hydrogens is 458 g/mol. The fourth-order valence-corrected chi connectivity index (χ4v) is 4.21. The van der Waals surface area contributed by atoms with Crippen molar-refractivity contribution in [1.29, 1.82) is 0 Å². The predicted molar refractivity (Wildman–Crippen MR) is 127 cm³/mol. The van der Waals surface area contributed by atoms with Gasteiger partial charge in [-0.05, 0) is 29.8 Å². The molecule has 0 fully saturated rings. The largest absolute Gasteiger partial charge is 0.435 e. The van der Waals surface area contributed by atoms with E-state index < -0.39 is 6.61 Å². The molecule has 0 saturated heterocycles. The molecule has 0 radical (unpaired) electrons. The van der Waals surface area contributed by atoms with E-state index >= 15 is 0 Å². The highest BCUT2D eigenvalue weighted by Gasteiger charge is 2.18. The van der Waals surface area contributed by atoms with E-state index in [-0.39, 0.29) is 17.4 Å². The number of amides is 1. The fraction of sp³-hybridized carbons (Fsp3) is 0.160. The van der Waals surface area contributed by atoms with Crippen LogP contribution >= 0.6 is 11.8 Å². The number of nitrogens with zero attached hydrogens (tertiary/aromatic N) is 4. The maximum absolute atomic E-state index is 12.8. The number of benzene rings is 3. The van der Waals surface area contributed by atoms with Gasteiger partial charge >= 0.3 is 6.61 Å². The number of aromatic nitrogens is 3. The summed E-state index contributed by atoms with van der Waals surface area (Å²) in [6.45, 7) is -2.53. The molecule has 4 rings (SSSR count). The van der Waals surface area contributed by atoms with Gasteiger partial charge in [0.1, 0.15) is 5.75 Å². The zero-order valence-electron chi connectivity index (χ0n) is 18.3. The van der Waals surface area contributed by atoms with Crippen LogP contribution < -0.4 is 4.74 Å². The molecule has 4 aromatic rings. The molecule has 1 aromatic heterocycles. The molecule has 0 saturated carbocycles. The average molecular weight is 481 g/mol. The van der Waals surface area contributed by atoms with E-state index in [1.807, 2.05) is 65.2 Å². The Kier molecular flexibility index (Phi) is 7.54. The third kappa shape index (κ3) is 5.79. The Morgan fingerprint density at radius 2 is 1.62 bits per heavy atom. The number of ether oxygens (including phenoxy) is 1. The number of hydrogen-bond acceptors (Lipinski definition) is 5. The zero-order chi connectivity index (χ0) is 23.9. The summed E-state index contributed by atoms with van der Waals surface area (Å²) in [6, 6.07) is 25.7. The van der Waals surface area contributed by atoms with Gasteiger partial charge in [0, 0.05) is 24.8 Å². The van der Waals surface area contributed by atoms with Gasteiger partial charge in [0.2, 0.25) is 5.91 Å². The van der Waals surface area contributed by atoms with E-state index in [2.05, 4.69) is 14.9 Å². The number of alkyl halides is 2. The van der Waals surface area contributed by atoms with Crippen molar-refractivity contribution in [3.8, 4) is 22.8 Å². The molecule has 0 atom stereocenters. The standard InChI is InChI=1S/C25H22F2N4O2S/c1-30(16-18-12-14-21(15-13-18)33-24(26)27)22(32)17-34-25-29-28-23(19-8-4-2-5-9-19)31(25)20-10-6-3-7-11-20/h2-15,24H,16-17H2,1H3. The van der Waals surface area contributed by atoms with Crippen LogP contribution in [0.15, 0.2) is 90.1 Å². The monoisotopic (exact) mass is 480 g/mol. The first kappa shape index (κ1) is 23.4. The molecule has 6 nitrogen and oxygen atoms in total. The highest BCUT2D eigenvalue weighted by Crippen LogP contribution is 2.28. The molecule has 0 aliphatic rings. The number of para-hydroxylation sites is 1. The van der Waals surface area contributed by atoms with Crippen molar-refractivity contribution < 1.29 is 18.3 Å². The molecule has 174 valence electrons. The van der Waals surface area contributed by atoms with Gasteiger partial charge in [0.25, 0.3) is 0 Å². The minimum Gasteiger partial charge on any atom is -0.435 e. The van der Waals surface area contributed by atoms with E-state index in [1.165, 1.54) is 23.9 Å². The first-order valence-corrected chi connectivity index (χ1v) is 11.5. The topological polar surface area (TPSA) is 60.2 Å². The quantitative estimate of drug-likeness (QED) is 0.305. The Morgan fingerprint density at radius 1 is 0.971 bits per heavy atom. The van der Waals surface area contributed by atoms with Gasteiger partial charge in [-0.15, -0.1) is 10.2 Å². The summed E-state index contributed by atoms with van der Waals surface area (Å²) in [4.78, 5) is 14.4. The molecular formula is C25H22F2N4O2S. The van der Waals surface area contributed by atoms with Gasteiger partial charge < -0.3 is 9.64 Å². The molecule has 0 spiro atoms. The van der Waals surface area contributed by atoms with Crippen molar-refractivity contribution in [2.24, 2.45) is 0 Å². The van der Waals surface area contributed by atoms with Crippen molar-refractivity contribution >= 4 is 17.7 Å². The maximum Gasteiger partial charge on any atom is 0.387 e. The van der Waals surface area contributed by atoms with Crippen molar-refractivity contribution in [1.82, 2.24) is 19.7 Å². The Hall–Kier alpha value is -3.72. The Morgan fingerprint density at radius 3 is 2.26 bits per heavy atom. The minimum atomic E-state index is -2.87. The molecule has 0 N–H and O–H groups in total. The lowest BCUT2D eigenvalue weighted by Gasteiger charge is -2.17. The van der Waals surface area contributed by atoms with Crippen molar-refractivity contribution in [2.75, 3.05) is 12.8 Å². The van der Waals surface area contributed by atoms with Gasteiger partial charge in [-0.3, -0.25) is 9.36 Å². The van der Waals surface area contributed by atoms with E-state index in [1.54, 1.807) is 24.1 Å². The third-order valence-electron chi connectivity index (χ3n) is 5.00. The van der Waals surface area contributed by atoms with Gasteiger partial charge in [-0.1, -0.05) is 72.4 Å². The molecule has 9 heteroatoms. The summed E-state index contributed by atoms with van der Waals surface area (Å²) >= 11 is 1.31. The Bertz CT molecular complexity index is 1220. The number of hydrogen-bond donors (Lipinski definition) is 0. The SMILES string of the molecule is CN(Cc1ccc(OC(F)F)cc1)C(=O)CSc1nnc(-c2ccccc2)n1-c1ccccc1. The zero-order valence-corrected chi connectivity index (χ0v) is 19.2. The van der Waals surface area contributed by atoms with Crippen LogP contribution in [-0.2, 0) is 11.3 Å². The van der Waals surface area contributed by atoms with Crippen LogP contribution in [0.5, 0.6) is 5.75 Å². The molecule has 3 aromatic carbocycles. The lowest BCUT2D eigenvalue weighted by Crippen LogP contribution is -2.27. The number of halogens is 2. The summed E-state index contributed by atoms with van der Waals surface area (Å²) in [5.74, 6) is 0.851. The molecule has 0 aliphatic carbocycles. The molecule has 0 bridgehead atoms.